The van der Waals surface area contributed by atoms with Crippen LogP contribution in [0.2, 0.25) is 0 Å². The molecule has 1 aromatic heterocycles. The minimum Gasteiger partial charge on any atom is -0.462 e. The molecule has 1 N–H and O–H groups in total. The van der Waals surface area contributed by atoms with E-state index < -0.39 is 0 Å². The molecule has 1 atom stereocenters. The van der Waals surface area contributed by atoms with Crippen LogP contribution in [0.25, 0.3) is 10.9 Å². The van der Waals surface area contributed by atoms with E-state index in [0.717, 1.165) is 21.5 Å². The number of amides is 1. The number of nitrogens with one attached hydrogen (secondary N) is 1. The molecule has 3 rings (SSSR count). The number of fused-ring (bicyclic) bond motifs is 1. The lowest BCUT2D eigenvalue weighted by molar-refractivity contribution is -0.115. The first-order chi connectivity index (χ1) is 14.0. The smallest absolute Gasteiger partial charge is 0.338 e. The topological polar surface area (TPSA) is 68.3 Å². The van der Waals surface area contributed by atoms with E-state index in [1.165, 1.54) is 11.8 Å². The second kappa shape index (κ2) is 9.56. The maximum atomic E-state index is 12.8. The molecule has 6 heteroatoms. The number of hydrogen-bond donors (Lipinski definition) is 1. The molecule has 0 radical (unpaired) electrons. The van der Waals surface area contributed by atoms with Gasteiger partial charge in [0.25, 0.3) is 0 Å². The molecule has 150 valence electrons. The minimum atomic E-state index is -0.370. The molecule has 1 amide bonds. The van der Waals surface area contributed by atoms with Crippen molar-refractivity contribution in [3.8, 4) is 0 Å². The van der Waals surface area contributed by atoms with Gasteiger partial charge in [-0.05, 0) is 62.2 Å². The van der Waals surface area contributed by atoms with Gasteiger partial charge in [0.1, 0.15) is 0 Å². The highest BCUT2D eigenvalue weighted by molar-refractivity contribution is 8.00. The first-order valence-corrected chi connectivity index (χ1v) is 10.5. The molecule has 0 aliphatic carbocycles. The molecule has 0 saturated heterocycles. The average molecular weight is 409 g/mol. The molecule has 0 bridgehead atoms. The molecular weight excluding hydrogens is 384 g/mol. The fourth-order valence-electron chi connectivity index (χ4n) is 2.97. The number of esters is 1. The van der Waals surface area contributed by atoms with Gasteiger partial charge < -0.3 is 10.1 Å². The van der Waals surface area contributed by atoms with Crippen LogP contribution in [0.4, 0.5) is 5.69 Å². The summed E-state index contributed by atoms with van der Waals surface area (Å²) >= 11 is 1.46. The second-order valence-corrected chi connectivity index (χ2v) is 7.82. The Morgan fingerprint density at radius 2 is 1.83 bits per heavy atom. The number of pyridine rings is 1. The van der Waals surface area contributed by atoms with Gasteiger partial charge in [-0.25, -0.2) is 9.78 Å². The number of carbonyl (C=O) groups excluding carboxylic acids is 2. The largest absolute Gasteiger partial charge is 0.462 e. The molecule has 0 spiro atoms. The van der Waals surface area contributed by atoms with Crippen LogP contribution in [0.1, 0.15) is 36.2 Å². The summed E-state index contributed by atoms with van der Waals surface area (Å²) in [6.07, 6.45) is 0.672. The number of thioether (sulfide) groups is 1. The van der Waals surface area contributed by atoms with E-state index in [0.29, 0.717) is 24.3 Å². The van der Waals surface area contributed by atoms with Crippen molar-refractivity contribution in [3.05, 3.63) is 65.7 Å². The highest BCUT2D eigenvalue weighted by Crippen LogP contribution is 2.28. The number of rotatable bonds is 7. The van der Waals surface area contributed by atoms with Crippen LogP contribution in [0.15, 0.2) is 59.6 Å². The molecule has 0 saturated carbocycles. The summed E-state index contributed by atoms with van der Waals surface area (Å²) in [4.78, 5) is 29.2. The molecule has 2 aromatic carbocycles. The van der Waals surface area contributed by atoms with Gasteiger partial charge in [0.2, 0.25) is 5.91 Å². The fourth-order valence-corrected chi connectivity index (χ4v) is 3.99. The van der Waals surface area contributed by atoms with E-state index in [4.69, 9.17) is 9.72 Å². The quantitative estimate of drug-likeness (QED) is 0.428. The Kier molecular flexibility index (Phi) is 6.88. The Hall–Kier alpha value is -2.86. The lowest BCUT2D eigenvalue weighted by atomic mass is 10.1. The Morgan fingerprint density at radius 3 is 2.52 bits per heavy atom. The highest BCUT2D eigenvalue weighted by atomic mass is 32.2. The molecule has 0 aliphatic rings. The van der Waals surface area contributed by atoms with Crippen molar-refractivity contribution in [2.45, 2.75) is 37.5 Å². The summed E-state index contributed by atoms with van der Waals surface area (Å²) in [7, 11) is 0. The normalized spacial score (nSPS) is 11.8. The second-order valence-electron chi connectivity index (χ2n) is 6.60. The van der Waals surface area contributed by atoms with Crippen LogP contribution in [-0.4, -0.2) is 28.7 Å². The van der Waals surface area contributed by atoms with Gasteiger partial charge in [0.15, 0.2) is 0 Å². The van der Waals surface area contributed by atoms with Gasteiger partial charge in [0, 0.05) is 11.1 Å². The van der Waals surface area contributed by atoms with Crippen molar-refractivity contribution in [1.29, 1.82) is 0 Å². The van der Waals surface area contributed by atoms with Gasteiger partial charge >= 0.3 is 5.97 Å². The third-order valence-electron chi connectivity index (χ3n) is 4.49. The summed E-state index contributed by atoms with van der Waals surface area (Å²) in [6, 6.07) is 16.7. The number of benzene rings is 2. The summed E-state index contributed by atoms with van der Waals surface area (Å²) in [5.41, 5.74) is 3.18. The molecule has 1 heterocycles. The van der Waals surface area contributed by atoms with E-state index in [2.05, 4.69) is 18.3 Å². The number of carbonyl (C=O) groups is 2. The van der Waals surface area contributed by atoms with Gasteiger partial charge in [-0.15, -0.1) is 0 Å². The van der Waals surface area contributed by atoms with Crippen molar-refractivity contribution in [1.82, 2.24) is 4.98 Å². The van der Waals surface area contributed by atoms with Gasteiger partial charge in [-0.3, -0.25) is 4.79 Å². The van der Waals surface area contributed by atoms with Crippen LogP contribution in [0.3, 0.4) is 0 Å². The first-order valence-electron chi connectivity index (χ1n) is 9.63. The van der Waals surface area contributed by atoms with Crippen molar-refractivity contribution in [2.24, 2.45) is 0 Å². The van der Waals surface area contributed by atoms with Crippen LogP contribution in [0, 0.1) is 6.92 Å². The fraction of sp³-hybridized carbons (Fsp3) is 0.261. The summed E-state index contributed by atoms with van der Waals surface area (Å²) < 4.78 is 4.97. The predicted octanol–water partition coefficient (Wildman–Crippen LogP) is 5.23. The monoisotopic (exact) mass is 408 g/mol. The van der Waals surface area contributed by atoms with Crippen LogP contribution >= 0.6 is 11.8 Å². The van der Waals surface area contributed by atoms with E-state index >= 15 is 0 Å². The number of para-hydroxylation sites is 1. The summed E-state index contributed by atoms with van der Waals surface area (Å²) in [5, 5.41) is 4.61. The number of nitrogens with zero attached hydrogens (tertiary/aromatic N) is 1. The third kappa shape index (κ3) is 5.15. The van der Waals surface area contributed by atoms with Crippen molar-refractivity contribution >= 4 is 40.2 Å². The Labute approximate surface area is 174 Å². The maximum absolute atomic E-state index is 12.8. The molecule has 5 nitrogen and oxygen atoms in total. The first kappa shape index (κ1) is 20.9. The Morgan fingerprint density at radius 1 is 1.10 bits per heavy atom. The van der Waals surface area contributed by atoms with Gasteiger partial charge in [0.05, 0.1) is 28.0 Å². The van der Waals surface area contributed by atoms with Crippen molar-refractivity contribution < 1.29 is 14.3 Å². The zero-order valence-corrected chi connectivity index (χ0v) is 17.6. The van der Waals surface area contributed by atoms with E-state index in [1.807, 2.05) is 31.2 Å². The molecule has 3 aromatic rings. The Bertz CT molecular complexity index is 1020. The molecule has 29 heavy (non-hydrogen) atoms. The Balaban J connectivity index is 1.70. The zero-order chi connectivity index (χ0) is 20.8. The maximum Gasteiger partial charge on any atom is 0.338 e. The molecule has 0 fully saturated rings. The van der Waals surface area contributed by atoms with E-state index in [-0.39, 0.29) is 17.1 Å². The number of aromatic nitrogens is 1. The highest BCUT2D eigenvalue weighted by Gasteiger charge is 2.19. The summed E-state index contributed by atoms with van der Waals surface area (Å²) in [6.45, 7) is 6.13. The molecular formula is C23H24N2O3S. The van der Waals surface area contributed by atoms with Crippen LogP contribution in [0.5, 0.6) is 0 Å². The summed E-state index contributed by atoms with van der Waals surface area (Å²) in [5.74, 6) is -0.459. The number of ether oxygens (including phenoxy) is 1. The SMILES string of the molecule is CCOC(=O)c1ccc(NC(=O)C(CC)Sc2cc(C)c3ccccc3n2)cc1. The number of anilines is 1. The lowest BCUT2D eigenvalue weighted by Crippen LogP contribution is -2.24. The zero-order valence-electron chi connectivity index (χ0n) is 16.8. The van der Waals surface area contributed by atoms with Crippen LogP contribution in [-0.2, 0) is 9.53 Å². The number of aryl methyl sites for hydroxylation is 1. The van der Waals surface area contributed by atoms with Crippen molar-refractivity contribution in [2.75, 3.05) is 11.9 Å². The standard InChI is InChI=1S/C23H24N2O3S/c1-4-20(29-21-14-15(3)18-8-6-7-9-19(18)25-21)22(26)24-17-12-10-16(11-13-17)23(27)28-5-2/h6-14,20H,4-5H2,1-3H3,(H,24,26). The minimum absolute atomic E-state index is 0.0889. The molecule has 0 aliphatic heterocycles. The van der Waals surface area contributed by atoms with Crippen LogP contribution < -0.4 is 5.32 Å². The van der Waals surface area contributed by atoms with Gasteiger partial charge in [-0.2, -0.15) is 0 Å². The predicted molar refractivity (Wildman–Crippen MR) is 117 cm³/mol. The lowest BCUT2D eigenvalue weighted by Gasteiger charge is -2.15. The molecule has 1 unspecified atom stereocenters. The van der Waals surface area contributed by atoms with E-state index in [1.54, 1.807) is 31.2 Å². The average Bonchev–Trinajstić information content (AvgIpc) is 2.72. The third-order valence-corrected chi connectivity index (χ3v) is 5.77. The van der Waals surface area contributed by atoms with Gasteiger partial charge in [-0.1, -0.05) is 36.9 Å². The number of hydrogen-bond acceptors (Lipinski definition) is 5. The van der Waals surface area contributed by atoms with Crippen molar-refractivity contribution in [3.63, 3.8) is 0 Å². The van der Waals surface area contributed by atoms with E-state index in [9.17, 15) is 9.59 Å².